The molecule has 1 aromatic carbocycles. The van der Waals surface area contributed by atoms with E-state index in [1.165, 1.54) is 18.4 Å². The number of hydrogen-bond donors (Lipinski definition) is 1. The number of nitrogens with two attached hydrogens (primary N) is 1. The van der Waals surface area contributed by atoms with Gasteiger partial charge in [0.15, 0.2) is 0 Å². The van der Waals surface area contributed by atoms with Gasteiger partial charge in [-0.15, -0.1) is 12.4 Å². The summed E-state index contributed by atoms with van der Waals surface area (Å²) in [7, 11) is 0. The van der Waals surface area contributed by atoms with E-state index in [1.807, 2.05) is 0 Å². The number of benzene rings is 1. The Balaban J connectivity index is 0.000000980. The fourth-order valence-electron chi connectivity index (χ4n) is 2.20. The average molecular weight is 212 g/mol. The minimum Gasteiger partial charge on any atom is -0.325 e. The molecule has 1 aliphatic carbocycles. The van der Waals surface area contributed by atoms with Crippen LogP contribution in [0.1, 0.15) is 37.7 Å². The molecule has 2 rings (SSSR count). The second kappa shape index (κ2) is 4.33. The average Bonchev–Trinajstić information content (AvgIpc) is 2.80. The summed E-state index contributed by atoms with van der Waals surface area (Å²) in [5.74, 6) is 0.619. The molecule has 0 aromatic heterocycles. The van der Waals surface area contributed by atoms with Crippen molar-refractivity contribution >= 4 is 12.4 Å². The molecule has 1 aliphatic rings. The van der Waals surface area contributed by atoms with Gasteiger partial charge in [0.05, 0.1) is 0 Å². The van der Waals surface area contributed by atoms with Gasteiger partial charge in [-0.3, -0.25) is 0 Å². The molecule has 14 heavy (non-hydrogen) atoms. The molecule has 2 N–H and O–H groups in total. The van der Waals surface area contributed by atoms with Gasteiger partial charge in [-0.05, 0) is 18.4 Å². The maximum absolute atomic E-state index is 6.23. The SMILES string of the molecule is CCC[C@@]1(N)C[C@H]1c1ccccc1.Cl. The van der Waals surface area contributed by atoms with Crippen molar-refractivity contribution in [3.63, 3.8) is 0 Å². The maximum Gasteiger partial charge on any atom is 0.0230 e. The summed E-state index contributed by atoms with van der Waals surface area (Å²) in [6.07, 6.45) is 3.53. The first-order chi connectivity index (χ1) is 6.26. The summed E-state index contributed by atoms with van der Waals surface area (Å²) >= 11 is 0. The van der Waals surface area contributed by atoms with Gasteiger partial charge in [0.25, 0.3) is 0 Å². The van der Waals surface area contributed by atoms with Crippen molar-refractivity contribution in [1.82, 2.24) is 0 Å². The quantitative estimate of drug-likeness (QED) is 0.817. The minimum absolute atomic E-state index is 0. The summed E-state index contributed by atoms with van der Waals surface area (Å²) < 4.78 is 0. The molecule has 0 aliphatic heterocycles. The molecule has 0 unspecified atom stereocenters. The lowest BCUT2D eigenvalue weighted by Gasteiger charge is -2.09. The largest absolute Gasteiger partial charge is 0.325 e. The molecule has 0 heterocycles. The van der Waals surface area contributed by atoms with Gasteiger partial charge in [0.2, 0.25) is 0 Å². The topological polar surface area (TPSA) is 26.0 Å². The van der Waals surface area contributed by atoms with Crippen LogP contribution in [-0.4, -0.2) is 5.54 Å². The van der Waals surface area contributed by atoms with E-state index in [0.717, 1.165) is 6.42 Å². The van der Waals surface area contributed by atoms with Crippen LogP contribution in [0.15, 0.2) is 30.3 Å². The highest BCUT2D eigenvalue weighted by Gasteiger charge is 2.50. The molecule has 1 fully saturated rings. The molecule has 2 atom stereocenters. The van der Waals surface area contributed by atoms with Gasteiger partial charge < -0.3 is 5.73 Å². The van der Waals surface area contributed by atoms with Crippen LogP contribution < -0.4 is 5.73 Å². The third-order valence-corrected chi connectivity index (χ3v) is 3.04. The summed E-state index contributed by atoms with van der Waals surface area (Å²) in [5, 5.41) is 0. The van der Waals surface area contributed by atoms with Crippen molar-refractivity contribution < 1.29 is 0 Å². The Morgan fingerprint density at radius 2 is 2.00 bits per heavy atom. The maximum atomic E-state index is 6.23. The molecule has 0 radical (unpaired) electrons. The fourth-order valence-corrected chi connectivity index (χ4v) is 2.20. The lowest BCUT2D eigenvalue weighted by molar-refractivity contribution is 0.579. The van der Waals surface area contributed by atoms with Crippen molar-refractivity contribution in [1.29, 1.82) is 0 Å². The molecule has 0 spiro atoms. The Kier molecular flexibility index (Phi) is 3.57. The number of rotatable bonds is 3. The Labute approximate surface area is 92.1 Å². The van der Waals surface area contributed by atoms with Crippen LogP contribution in [-0.2, 0) is 0 Å². The van der Waals surface area contributed by atoms with E-state index in [9.17, 15) is 0 Å². The summed E-state index contributed by atoms with van der Waals surface area (Å²) in [4.78, 5) is 0. The lowest BCUT2D eigenvalue weighted by Crippen LogP contribution is -2.23. The van der Waals surface area contributed by atoms with Gasteiger partial charge in [-0.1, -0.05) is 43.7 Å². The molecule has 0 amide bonds. The van der Waals surface area contributed by atoms with Crippen LogP contribution >= 0.6 is 12.4 Å². The van der Waals surface area contributed by atoms with Crippen molar-refractivity contribution in [2.24, 2.45) is 5.73 Å². The second-order valence-corrected chi connectivity index (χ2v) is 4.15. The Bertz CT molecular complexity index is 286. The van der Waals surface area contributed by atoms with Crippen LogP contribution in [0, 0.1) is 0 Å². The van der Waals surface area contributed by atoms with E-state index < -0.39 is 0 Å². The first-order valence-electron chi connectivity index (χ1n) is 5.10. The molecule has 0 bridgehead atoms. The van der Waals surface area contributed by atoms with Gasteiger partial charge >= 0.3 is 0 Å². The van der Waals surface area contributed by atoms with E-state index in [-0.39, 0.29) is 17.9 Å². The normalized spacial score (nSPS) is 29.4. The van der Waals surface area contributed by atoms with Crippen molar-refractivity contribution in [2.45, 2.75) is 37.6 Å². The van der Waals surface area contributed by atoms with Crippen LogP contribution in [0.2, 0.25) is 0 Å². The molecular formula is C12H18ClN. The van der Waals surface area contributed by atoms with Crippen LogP contribution in [0.3, 0.4) is 0 Å². The van der Waals surface area contributed by atoms with Crippen LogP contribution in [0.4, 0.5) is 0 Å². The summed E-state index contributed by atoms with van der Waals surface area (Å²) in [6.45, 7) is 2.20. The van der Waals surface area contributed by atoms with Crippen molar-refractivity contribution in [3.8, 4) is 0 Å². The van der Waals surface area contributed by atoms with E-state index in [1.54, 1.807) is 0 Å². The van der Waals surface area contributed by atoms with E-state index >= 15 is 0 Å². The zero-order valence-corrected chi connectivity index (χ0v) is 9.39. The fraction of sp³-hybridized carbons (Fsp3) is 0.500. The minimum atomic E-state index is 0. The van der Waals surface area contributed by atoms with Crippen molar-refractivity contribution in [2.75, 3.05) is 0 Å². The highest BCUT2D eigenvalue weighted by Crippen LogP contribution is 2.51. The molecule has 1 nitrogen and oxygen atoms in total. The van der Waals surface area contributed by atoms with E-state index in [0.29, 0.717) is 5.92 Å². The Hall–Kier alpha value is -0.530. The molecule has 2 heteroatoms. The molecule has 78 valence electrons. The highest BCUT2D eigenvalue weighted by atomic mass is 35.5. The summed E-state index contributed by atoms with van der Waals surface area (Å²) in [5.41, 5.74) is 7.77. The van der Waals surface area contributed by atoms with Gasteiger partial charge in [-0.2, -0.15) is 0 Å². The standard InChI is InChI=1S/C12H17N.ClH/c1-2-8-12(13)9-11(12)10-6-4-3-5-7-10;/h3-7,11H,2,8-9,13H2,1H3;1H/t11-,12+;/m0./s1. The third kappa shape index (κ3) is 2.10. The van der Waals surface area contributed by atoms with Gasteiger partial charge in [-0.25, -0.2) is 0 Å². The summed E-state index contributed by atoms with van der Waals surface area (Å²) in [6, 6.07) is 10.6. The van der Waals surface area contributed by atoms with Crippen molar-refractivity contribution in [3.05, 3.63) is 35.9 Å². The Morgan fingerprint density at radius 1 is 1.36 bits per heavy atom. The highest BCUT2D eigenvalue weighted by molar-refractivity contribution is 5.85. The van der Waals surface area contributed by atoms with Crippen LogP contribution in [0.25, 0.3) is 0 Å². The zero-order chi connectivity index (χ0) is 9.31. The van der Waals surface area contributed by atoms with Crippen LogP contribution in [0.5, 0.6) is 0 Å². The monoisotopic (exact) mass is 211 g/mol. The number of halogens is 1. The first-order valence-corrected chi connectivity index (χ1v) is 5.10. The smallest absolute Gasteiger partial charge is 0.0230 e. The van der Waals surface area contributed by atoms with E-state index in [4.69, 9.17) is 5.73 Å². The molecule has 1 saturated carbocycles. The molecular weight excluding hydrogens is 194 g/mol. The predicted octanol–water partition coefficient (Wildman–Crippen LogP) is 3.09. The van der Waals surface area contributed by atoms with E-state index in [2.05, 4.69) is 37.3 Å². The predicted molar refractivity (Wildman–Crippen MR) is 62.9 cm³/mol. The lowest BCUT2D eigenvalue weighted by atomic mass is 10.0. The number of hydrogen-bond acceptors (Lipinski definition) is 1. The second-order valence-electron chi connectivity index (χ2n) is 4.15. The Morgan fingerprint density at radius 3 is 2.57 bits per heavy atom. The van der Waals surface area contributed by atoms with Gasteiger partial charge in [0.1, 0.15) is 0 Å². The first kappa shape index (κ1) is 11.5. The molecule has 0 saturated heterocycles. The van der Waals surface area contributed by atoms with Gasteiger partial charge in [0, 0.05) is 11.5 Å². The zero-order valence-electron chi connectivity index (χ0n) is 8.57. The third-order valence-electron chi connectivity index (χ3n) is 3.04. The molecule has 1 aromatic rings.